The molecule has 4 aromatic rings. The second kappa shape index (κ2) is 16.6. The summed E-state index contributed by atoms with van der Waals surface area (Å²) in [7, 11) is 1.54. The standard InChI is InChI=1S/C38H38BrClN2O7S/c1-7-13-24-16-23(17-31(47-9-3)35(24)49-21-25-14-11-12-15-28(25)40)18-32-36(43)42-34(26-19-29(45-6)30(46-8-2)20-27(26)39)33(37(44)48-10-4)22(5)41-38(42)50-32/h7,11-12,14-20,34H,1,8-10,13,21H2,2-6H3/b32-18-/t34-/m1/s1. The number of thiazole rings is 1. The monoisotopic (exact) mass is 780 g/mol. The highest BCUT2D eigenvalue weighted by molar-refractivity contribution is 9.10. The van der Waals surface area contributed by atoms with Crippen molar-refractivity contribution in [3.05, 3.63) is 124 Å². The van der Waals surface area contributed by atoms with Crippen molar-refractivity contribution < 1.29 is 28.5 Å². The fourth-order valence-electron chi connectivity index (χ4n) is 5.69. The number of carbonyl (C=O) groups is 1. The average molecular weight is 782 g/mol. The summed E-state index contributed by atoms with van der Waals surface area (Å²) in [5.41, 5.74) is 3.40. The number of hydrogen-bond acceptors (Lipinski definition) is 9. The van der Waals surface area contributed by atoms with E-state index in [-0.39, 0.29) is 24.3 Å². The van der Waals surface area contributed by atoms with Crippen molar-refractivity contribution >= 4 is 50.9 Å². The molecular formula is C38H38BrClN2O7S. The SMILES string of the molecule is C=CCc1cc(/C=c2\sc3n(c2=O)[C@H](c2cc(OC)c(OCC)cc2Br)C(C(=O)OCC)=C(C)N=3)cc(OCC)c1OCc1ccccc1Cl. The molecule has 9 nitrogen and oxygen atoms in total. The molecule has 0 aliphatic carbocycles. The first-order valence-electron chi connectivity index (χ1n) is 16.1. The van der Waals surface area contributed by atoms with E-state index in [1.807, 2.05) is 50.2 Å². The Morgan fingerprint density at radius 2 is 1.76 bits per heavy atom. The third kappa shape index (κ3) is 7.70. The summed E-state index contributed by atoms with van der Waals surface area (Å²) in [4.78, 5) is 33.0. The molecule has 0 saturated carbocycles. The van der Waals surface area contributed by atoms with E-state index in [0.29, 0.717) is 72.7 Å². The molecule has 2 heterocycles. The summed E-state index contributed by atoms with van der Waals surface area (Å²) in [6, 6.07) is 14.0. The van der Waals surface area contributed by atoms with Crippen molar-refractivity contribution in [3.63, 3.8) is 0 Å². The van der Waals surface area contributed by atoms with Crippen LogP contribution in [0.5, 0.6) is 23.0 Å². The number of benzene rings is 3. The minimum Gasteiger partial charge on any atom is -0.493 e. The molecule has 1 atom stereocenters. The maximum Gasteiger partial charge on any atom is 0.338 e. The normalized spacial score (nSPS) is 14.1. The maximum atomic E-state index is 14.4. The average Bonchev–Trinajstić information content (AvgIpc) is 3.38. The van der Waals surface area contributed by atoms with E-state index in [1.54, 1.807) is 45.2 Å². The molecule has 0 N–H and O–H groups in total. The summed E-state index contributed by atoms with van der Waals surface area (Å²) in [5.74, 6) is 1.53. The van der Waals surface area contributed by atoms with E-state index in [1.165, 1.54) is 15.9 Å². The van der Waals surface area contributed by atoms with Gasteiger partial charge in [-0.15, -0.1) is 6.58 Å². The van der Waals surface area contributed by atoms with E-state index < -0.39 is 12.0 Å². The van der Waals surface area contributed by atoms with Crippen LogP contribution < -0.4 is 33.8 Å². The van der Waals surface area contributed by atoms with Crippen molar-refractivity contribution in [1.29, 1.82) is 0 Å². The third-order valence-corrected chi connectivity index (χ3v) is 9.88. The molecule has 1 aliphatic heterocycles. The largest absolute Gasteiger partial charge is 0.493 e. The van der Waals surface area contributed by atoms with Gasteiger partial charge < -0.3 is 23.7 Å². The van der Waals surface area contributed by atoms with Crippen molar-refractivity contribution in [1.82, 2.24) is 4.57 Å². The summed E-state index contributed by atoms with van der Waals surface area (Å²) in [6.07, 6.45) is 4.08. The Labute approximate surface area is 308 Å². The van der Waals surface area contributed by atoms with Crippen LogP contribution in [0, 0.1) is 0 Å². The van der Waals surface area contributed by atoms with Crippen LogP contribution in [0.2, 0.25) is 5.02 Å². The van der Waals surface area contributed by atoms with Crippen molar-refractivity contribution in [3.8, 4) is 23.0 Å². The van der Waals surface area contributed by atoms with Crippen LogP contribution in [0.3, 0.4) is 0 Å². The molecule has 0 amide bonds. The molecule has 1 aromatic heterocycles. The molecule has 0 unspecified atom stereocenters. The predicted octanol–water partition coefficient (Wildman–Crippen LogP) is 7.33. The number of ether oxygens (including phenoxy) is 5. The van der Waals surface area contributed by atoms with E-state index in [4.69, 9.17) is 40.3 Å². The number of aromatic nitrogens is 1. The fourth-order valence-corrected chi connectivity index (χ4v) is 7.47. The number of esters is 1. The number of nitrogens with zero attached hydrogens (tertiary/aromatic N) is 2. The highest BCUT2D eigenvalue weighted by Gasteiger charge is 2.35. The number of rotatable bonds is 14. The van der Waals surface area contributed by atoms with Gasteiger partial charge in [0.1, 0.15) is 6.61 Å². The van der Waals surface area contributed by atoms with Crippen LogP contribution in [0.1, 0.15) is 56.0 Å². The molecule has 50 heavy (non-hydrogen) atoms. The number of halogens is 2. The highest BCUT2D eigenvalue weighted by atomic mass is 79.9. The lowest BCUT2D eigenvalue weighted by molar-refractivity contribution is -0.139. The van der Waals surface area contributed by atoms with Gasteiger partial charge in [0.15, 0.2) is 27.8 Å². The van der Waals surface area contributed by atoms with Crippen molar-refractivity contribution in [2.24, 2.45) is 4.99 Å². The van der Waals surface area contributed by atoms with E-state index in [2.05, 4.69) is 22.5 Å². The Hall–Kier alpha value is -4.32. The first-order chi connectivity index (χ1) is 24.1. The zero-order valence-corrected chi connectivity index (χ0v) is 31.7. The Balaban J connectivity index is 1.67. The van der Waals surface area contributed by atoms with Gasteiger partial charge in [0.2, 0.25) is 0 Å². The van der Waals surface area contributed by atoms with Gasteiger partial charge in [0.25, 0.3) is 5.56 Å². The van der Waals surface area contributed by atoms with Gasteiger partial charge in [0, 0.05) is 20.6 Å². The number of hydrogen-bond donors (Lipinski definition) is 0. The van der Waals surface area contributed by atoms with E-state index in [0.717, 1.165) is 16.7 Å². The lowest BCUT2D eigenvalue weighted by atomic mass is 9.95. The summed E-state index contributed by atoms with van der Waals surface area (Å²) in [5, 5.41) is 0.609. The highest BCUT2D eigenvalue weighted by Crippen LogP contribution is 2.41. The number of methoxy groups -OCH3 is 1. The van der Waals surface area contributed by atoms with Crippen LogP contribution in [-0.4, -0.2) is 37.5 Å². The number of allylic oxidation sites excluding steroid dienone is 2. The van der Waals surface area contributed by atoms with Crippen LogP contribution >= 0.6 is 38.9 Å². The van der Waals surface area contributed by atoms with Gasteiger partial charge in [0.05, 0.1) is 48.8 Å². The molecule has 0 saturated heterocycles. The quantitative estimate of drug-likeness (QED) is 0.0977. The molecule has 0 radical (unpaired) electrons. The Bertz CT molecular complexity index is 2140. The Kier molecular flexibility index (Phi) is 12.3. The third-order valence-electron chi connectivity index (χ3n) is 7.84. The van der Waals surface area contributed by atoms with Gasteiger partial charge in [-0.2, -0.15) is 0 Å². The molecule has 3 aromatic carbocycles. The molecule has 0 spiro atoms. The molecule has 12 heteroatoms. The van der Waals surface area contributed by atoms with Crippen LogP contribution in [-0.2, 0) is 22.6 Å². The van der Waals surface area contributed by atoms with E-state index in [9.17, 15) is 9.59 Å². The molecule has 0 fully saturated rings. The molecule has 1 aliphatic rings. The van der Waals surface area contributed by atoms with Gasteiger partial charge in [-0.05, 0) is 81.7 Å². The smallest absolute Gasteiger partial charge is 0.338 e. The minimum atomic E-state index is -0.859. The lowest BCUT2D eigenvalue weighted by Gasteiger charge is -2.26. The summed E-state index contributed by atoms with van der Waals surface area (Å²) >= 11 is 11.3. The number of carbonyl (C=O) groups excluding carboxylic acids is 1. The van der Waals surface area contributed by atoms with E-state index >= 15 is 0 Å². The zero-order chi connectivity index (χ0) is 35.9. The topological polar surface area (TPSA) is 97.6 Å². The summed E-state index contributed by atoms with van der Waals surface area (Å²) < 4.78 is 31.8. The lowest BCUT2D eigenvalue weighted by Crippen LogP contribution is -2.40. The van der Waals surface area contributed by atoms with Crippen LogP contribution in [0.4, 0.5) is 0 Å². The maximum absolute atomic E-state index is 14.4. The predicted molar refractivity (Wildman–Crippen MR) is 200 cm³/mol. The van der Waals surface area contributed by atoms with Crippen LogP contribution in [0.15, 0.2) is 86.7 Å². The second-order valence-electron chi connectivity index (χ2n) is 11.1. The van der Waals surface area contributed by atoms with Gasteiger partial charge in [-0.25, -0.2) is 9.79 Å². The molecule has 262 valence electrons. The first-order valence-corrected chi connectivity index (χ1v) is 18.1. The fraction of sp³-hybridized carbons (Fsp3) is 0.289. The second-order valence-corrected chi connectivity index (χ2v) is 13.3. The molecule has 5 rings (SSSR count). The molecule has 0 bridgehead atoms. The minimum absolute atomic E-state index is 0.161. The van der Waals surface area contributed by atoms with Crippen molar-refractivity contribution in [2.75, 3.05) is 26.9 Å². The van der Waals surface area contributed by atoms with Crippen LogP contribution in [0.25, 0.3) is 6.08 Å². The Morgan fingerprint density at radius 3 is 2.44 bits per heavy atom. The number of fused-ring (bicyclic) bond motifs is 1. The molecular weight excluding hydrogens is 744 g/mol. The van der Waals surface area contributed by atoms with Crippen molar-refractivity contribution in [2.45, 2.75) is 46.8 Å². The zero-order valence-electron chi connectivity index (χ0n) is 28.5. The summed E-state index contributed by atoms with van der Waals surface area (Å²) in [6.45, 7) is 12.4. The Morgan fingerprint density at radius 1 is 1.02 bits per heavy atom. The van der Waals surface area contributed by atoms with Gasteiger partial charge in [-0.1, -0.05) is 63.1 Å². The van der Waals surface area contributed by atoms with Gasteiger partial charge >= 0.3 is 5.97 Å². The van der Waals surface area contributed by atoms with Gasteiger partial charge in [-0.3, -0.25) is 9.36 Å². The first kappa shape index (κ1) is 36.9.